The van der Waals surface area contributed by atoms with Crippen LogP contribution in [0.5, 0.6) is 0 Å². The van der Waals surface area contributed by atoms with Gasteiger partial charge in [-0.2, -0.15) is 0 Å². The minimum Gasteiger partial charge on any atom is -0.310 e. The molecule has 0 unspecified atom stereocenters. The summed E-state index contributed by atoms with van der Waals surface area (Å²) in [5.41, 5.74) is 15.1. The summed E-state index contributed by atoms with van der Waals surface area (Å²) in [5.74, 6) is 0. The van der Waals surface area contributed by atoms with Gasteiger partial charge in [-0.1, -0.05) is 146 Å². The highest BCUT2D eigenvalue weighted by molar-refractivity contribution is 6.17. The quantitative estimate of drug-likeness (QED) is 0.159. The van der Waals surface area contributed by atoms with Gasteiger partial charge >= 0.3 is 0 Å². The van der Waals surface area contributed by atoms with E-state index in [2.05, 4.69) is 238 Å². The fraction of sp³-hybridized carbons (Fsp3) is 0. The van der Waals surface area contributed by atoms with E-state index < -0.39 is 0 Å². The summed E-state index contributed by atoms with van der Waals surface area (Å²) in [6, 6.07) is 81.1. The number of benzene rings is 9. The van der Waals surface area contributed by atoms with E-state index in [-0.39, 0.29) is 0 Å². The van der Waals surface area contributed by atoms with Crippen LogP contribution in [-0.4, -0.2) is 9.13 Å². The lowest BCUT2D eigenvalue weighted by Crippen LogP contribution is -2.10. The molecular weight excluding hydrogens is 691 g/mol. The molecule has 0 radical (unpaired) electrons. The number of rotatable bonds is 7. The van der Waals surface area contributed by atoms with Gasteiger partial charge in [-0.15, -0.1) is 0 Å². The van der Waals surface area contributed by atoms with Gasteiger partial charge in [0.2, 0.25) is 0 Å². The zero-order valence-corrected chi connectivity index (χ0v) is 31.2. The monoisotopic (exact) mass is 727 g/mol. The van der Waals surface area contributed by atoms with Crippen molar-refractivity contribution in [1.82, 2.24) is 9.13 Å². The summed E-state index contributed by atoms with van der Waals surface area (Å²) in [4.78, 5) is 2.41. The van der Waals surface area contributed by atoms with Crippen molar-refractivity contribution >= 4 is 60.7 Å². The first-order chi connectivity index (χ1) is 28.3. The van der Waals surface area contributed by atoms with E-state index in [1.807, 2.05) is 0 Å². The lowest BCUT2D eigenvalue weighted by atomic mass is 9.99. The van der Waals surface area contributed by atoms with Crippen LogP contribution in [0.1, 0.15) is 0 Å². The van der Waals surface area contributed by atoms with Crippen molar-refractivity contribution in [3.05, 3.63) is 224 Å². The molecule has 0 saturated heterocycles. The van der Waals surface area contributed by atoms with Gasteiger partial charge in [-0.05, 0) is 101 Å². The summed E-state index contributed by atoms with van der Waals surface area (Å²) in [6.45, 7) is 0. The maximum absolute atomic E-state index is 2.42. The van der Waals surface area contributed by atoms with E-state index in [0.717, 1.165) is 34.0 Å². The normalized spacial score (nSPS) is 11.5. The van der Waals surface area contributed by atoms with Gasteiger partial charge in [0.05, 0.1) is 22.1 Å². The van der Waals surface area contributed by atoms with Crippen molar-refractivity contribution in [2.24, 2.45) is 0 Å². The second-order valence-corrected chi connectivity index (χ2v) is 14.6. The molecule has 57 heavy (non-hydrogen) atoms. The maximum atomic E-state index is 2.42. The highest BCUT2D eigenvalue weighted by Gasteiger charge is 2.21. The molecule has 0 atom stereocenters. The van der Waals surface area contributed by atoms with Crippen molar-refractivity contribution < 1.29 is 0 Å². The smallest absolute Gasteiger partial charge is 0.0562 e. The highest BCUT2D eigenvalue weighted by Crippen LogP contribution is 2.44. The van der Waals surface area contributed by atoms with Crippen LogP contribution in [0.2, 0.25) is 0 Å². The van der Waals surface area contributed by atoms with Crippen molar-refractivity contribution in [2.45, 2.75) is 0 Å². The molecule has 3 nitrogen and oxygen atoms in total. The molecule has 0 spiro atoms. The van der Waals surface area contributed by atoms with Gasteiger partial charge in [0.1, 0.15) is 0 Å². The summed E-state index contributed by atoms with van der Waals surface area (Å²) >= 11 is 0. The van der Waals surface area contributed by atoms with Crippen LogP contribution in [0.25, 0.3) is 77.2 Å². The molecule has 0 saturated carbocycles. The topological polar surface area (TPSA) is 13.1 Å². The molecule has 268 valence electrons. The predicted octanol–water partition coefficient (Wildman–Crippen LogP) is 14.7. The van der Waals surface area contributed by atoms with Crippen LogP contribution in [0.3, 0.4) is 0 Å². The second kappa shape index (κ2) is 13.6. The van der Waals surface area contributed by atoms with Crippen LogP contribution >= 0.6 is 0 Å². The Labute approximate surface area is 331 Å². The molecule has 11 aromatic rings. The molecular formula is C54H37N3. The van der Waals surface area contributed by atoms with E-state index >= 15 is 0 Å². The lowest BCUT2D eigenvalue weighted by molar-refractivity contribution is 1.17. The van der Waals surface area contributed by atoms with Crippen LogP contribution < -0.4 is 4.90 Å². The van der Waals surface area contributed by atoms with Crippen molar-refractivity contribution in [3.8, 4) is 33.6 Å². The molecule has 0 fully saturated rings. The first-order valence-electron chi connectivity index (χ1n) is 19.5. The van der Waals surface area contributed by atoms with Crippen LogP contribution in [0.4, 0.5) is 17.1 Å². The molecule has 11 rings (SSSR count). The zero-order valence-electron chi connectivity index (χ0n) is 31.2. The minimum absolute atomic E-state index is 1.09. The first kappa shape index (κ1) is 32.8. The first-order valence-corrected chi connectivity index (χ1v) is 19.5. The Morgan fingerprint density at radius 1 is 0.281 bits per heavy atom. The molecule has 0 N–H and O–H groups in total. The third kappa shape index (κ3) is 5.51. The third-order valence-corrected chi connectivity index (χ3v) is 11.3. The standard InChI is InChI=1S/C54H37N3/c1-5-16-38(17-6-1)39-28-30-43(31-29-39)55(44-33-35-51-49(36-44)47-24-13-14-26-50(47)56(51)41-20-9-3-10-21-41)45-32-34-48-53(37-45)57(42-22-11-4-12-23-42)52-27-15-25-46(54(48)52)40-18-7-2-8-19-40/h1-37H. The molecule has 0 aliphatic heterocycles. The minimum atomic E-state index is 1.09. The summed E-state index contributed by atoms with van der Waals surface area (Å²) in [7, 11) is 0. The Bertz CT molecular complexity index is 3200. The lowest BCUT2D eigenvalue weighted by Gasteiger charge is -2.26. The molecule has 2 heterocycles. The molecule has 0 bridgehead atoms. The summed E-state index contributed by atoms with van der Waals surface area (Å²) < 4.78 is 4.80. The van der Waals surface area contributed by atoms with Crippen molar-refractivity contribution in [3.63, 3.8) is 0 Å². The van der Waals surface area contributed by atoms with Gasteiger partial charge in [0, 0.05) is 50.0 Å². The average molecular weight is 728 g/mol. The summed E-state index contributed by atoms with van der Waals surface area (Å²) in [5, 5.41) is 4.91. The zero-order chi connectivity index (χ0) is 37.7. The van der Waals surface area contributed by atoms with Crippen LogP contribution in [-0.2, 0) is 0 Å². The van der Waals surface area contributed by atoms with E-state index in [1.54, 1.807) is 0 Å². The van der Waals surface area contributed by atoms with E-state index in [9.17, 15) is 0 Å². The number of fused-ring (bicyclic) bond motifs is 6. The molecule has 0 amide bonds. The Kier molecular flexibility index (Phi) is 7.82. The predicted molar refractivity (Wildman–Crippen MR) is 241 cm³/mol. The Hall–Kier alpha value is -7.62. The Morgan fingerprint density at radius 3 is 1.49 bits per heavy atom. The second-order valence-electron chi connectivity index (χ2n) is 14.6. The number of aromatic nitrogens is 2. The average Bonchev–Trinajstić information content (AvgIpc) is 3.80. The Morgan fingerprint density at radius 2 is 0.789 bits per heavy atom. The van der Waals surface area contributed by atoms with E-state index in [0.29, 0.717) is 0 Å². The Balaban J connectivity index is 1.16. The third-order valence-electron chi connectivity index (χ3n) is 11.3. The van der Waals surface area contributed by atoms with Gasteiger partial charge < -0.3 is 14.0 Å². The molecule has 0 aliphatic rings. The number of nitrogens with zero attached hydrogens (tertiary/aromatic N) is 3. The van der Waals surface area contributed by atoms with Gasteiger partial charge in [-0.25, -0.2) is 0 Å². The maximum Gasteiger partial charge on any atom is 0.0562 e. The van der Waals surface area contributed by atoms with E-state index in [4.69, 9.17) is 0 Å². The summed E-state index contributed by atoms with van der Waals surface area (Å²) in [6.07, 6.45) is 0. The molecule has 9 aromatic carbocycles. The molecule has 2 aromatic heterocycles. The van der Waals surface area contributed by atoms with Crippen molar-refractivity contribution in [2.75, 3.05) is 4.90 Å². The van der Waals surface area contributed by atoms with Crippen molar-refractivity contribution in [1.29, 1.82) is 0 Å². The van der Waals surface area contributed by atoms with E-state index in [1.165, 1.54) is 60.3 Å². The number of anilines is 3. The van der Waals surface area contributed by atoms with Crippen LogP contribution in [0, 0.1) is 0 Å². The van der Waals surface area contributed by atoms with Gasteiger partial charge in [0.15, 0.2) is 0 Å². The van der Waals surface area contributed by atoms with Crippen LogP contribution in [0.15, 0.2) is 224 Å². The fourth-order valence-corrected chi connectivity index (χ4v) is 8.74. The number of hydrogen-bond acceptors (Lipinski definition) is 1. The largest absolute Gasteiger partial charge is 0.310 e. The molecule has 3 heteroatoms. The van der Waals surface area contributed by atoms with Gasteiger partial charge in [0.25, 0.3) is 0 Å². The fourth-order valence-electron chi connectivity index (χ4n) is 8.74. The number of para-hydroxylation sites is 3. The highest BCUT2D eigenvalue weighted by atomic mass is 15.1. The molecule has 0 aliphatic carbocycles. The van der Waals surface area contributed by atoms with Gasteiger partial charge in [-0.3, -0.25) is 0 Å². The number of hydrogen-bond donors (Lipinski definition) is 0. The SMILES string of the molecule is c1ccc(-c2ccc(N(c3ccc4c(c3)c3ccccc3n4-c3ccccc3)c3ccc4c5c(-c6ccccc6)cccc5n(-c5ccccc5)c4c3)cc2)cc1.